The quantitative estimate of drug-likeness (QED) is 0.742. The number of amides is 1. The van der Waals surface area contributed by atoms with Crippen molar-refractivity contribution in [1.29, 1.82) is 0 Å². The first-order chi connectivity index (χ1) is 9.70. The lowest BCUT2D eigenvalue weighted by Gasteiger charge is -2.04. The lowest BCUT2D eigenvalue weighted by Crippen LogP contribution is -2.13. The molecule has 1 amide bonds. The number of nitrogens with zero attached hydrogens (tertiary/aromatic N) is 1. The van der Waals surface area contributed by atoms with Gasteiger partial charge in [-0.05, 0) is 24.6 Å². The molecule has 102 valence electrons. The van der Waals surface area contributed by atoms with Crippen molar-refractivity contribution < 1.29 is 9.90 Å². The summed E-state index contributed by atoms with van der Waals surface area (Å²) in [5.74, 6) is 5.97. The third kappa shape index (κ3) is 3.46. The van der Waals surface area contributed by atoms with E-state index in [-0.39, 0.29) is 12.5 Å². The van der Waals surface area contributed by atoms with Gasteiger partial charge in [-0.25, -0.2) is 4.98 Å². The highest BCUT2D eigenvalue weighted by Gasteiger charge is 2.08. The molecule has 2 aromatic rings. The number of aliphatic hydroxyl groups is 1. The smallest absolute Gasteiger partial charge is 0.258 e. The van der Waals surface area contributed by atoms with E-state index in [1.165, 1.54) is 0 Å². The molecule has 20 heavy (non-hydrogen) atoms. The van der Waals surface area contributed by atoms with Gasteiger partial charge >= 0.3 is 0 Å². The number of hydrogen-bond donors (Lipinski definition) is 3. The van der Waals surface area contributed by atoms with Gasteiger partial charge < -0.3 is 10.1 Å². The van der Waals surface area contributed by atoms with E-state index >= 15 is 0 Å². The fraction of sp³-hybridized carbons (Fsp3) is 0.200. The monoisotopic (exact) mass is 269 g/mol. The van der Waals surface area contributed by atoms with Crippen LogP contribution in [0.3, 0.4) is 0 Å². The molecule has 3 N–H and O–H groups in total. The molecular weight excluding hydrogens is 254 g/mol. The first kappa shape index (κ1) is 13.8. The van der Waals surface area contributed by atoms with E-state index in [0.717, 1.165) is 11.1 Å². The molecule has 0 bridgehead atoms. The summed E-state index contributed by atoms with van der Waals surface area (Å²) >= 11 is 0. The maximum Gasteiger partial charge on any atom is 0.258 e. The third-order valence-corrected chi connectivity index (χ3v) is 2.69. The van der Waals surface area contributed by atoms with Gasteiger partial charge in [-0.2, -0.15) is 0 Å². The molecule has 0 saturated heterocycles. The van der Waals surface area contributed by atoms with Gasteiger partial charge in [0.05, 0.1) is 6.61 Å². The molecule has 5 nitrogen and oxygen atoms in total. The number of rotatable bonds is 3. The molecule has 0 fully saturated rings. The van der Waals surface area contributed by atoms with E-state index in [2.05, 4.69) is 27.1 Å². The Morgan fingerprint density at radius 2 is 2.35 bits per heavy atom. The number of aromatic nitrogens is 2. The van der Waals surface area contributed by atoms with Gasteiger partial charge in [0.15, 0.2) is 0 Å². The maximum atomic E-state index is 12.0. The molecule has 0 atom stereocenters. The predicted molar refractivity (Wildman–Crippen MR) is 76.3 cm³/mol. The molecule has 0 saturated carbocycles. The van der Waals surface area contributed by atoms with E-state index in [9.17, 15) is 4.79 Å². The van der Waals surface area contributed by atoms with Crippen LogP contribution in [0.4, 0.5) is 5.95 Å². The van der Waals surface area contributed by atoms with E-state index in [1.807, 2.05) is 13.0 Å². The highest BCUT2D eigenvalue weighted by molar-refractivity contribution is 6.03. The van der Waals surface area contributed by atoms with Crippen LogP contribution in [0.5, 0.6) is 0 Å². The Hall–Kier alpha value is -2.58. The molecule has 0 aliphatic heterocycles. The van der Waals surface area contributed by atoms with Crippen molar-refractivity contribution in [3.05, 3.63) is 47.3 Å². The SMILES string of the molecule is Cc1ccc(C(=O)Nc2ncc[nH]2)cc1C#CCCO. The zero-order chi connectivity index (χ0) is 14.4. The molecule has 5 heteroatoms. The number of hydrogen-bond acceptors (Lipinski definition) is 3. The largest absolute Gasteiger partial charge is 0.395 e. The standard InChI is InChI=1S/C15H15N3O2/c1-11-5-6-13(10-12(11)4-2-3-9-19)14(20)18-15-16-7-8-17-15/h5-8,10,19H,3,9H2,1H3,(H2,16,17,18,20). The van der Waals surface area contributed by atoms with Crippen LogP contribution < -0.4 is 5.32 Å². The molecule has 1 aromatic carbocycles. The number of aromatic amines is 1. The summed E-state index contributed by atoms with van der Waals surface area (Å²) in [7, 11) is 0. The van der Waals surface area contributed by atoms with Crippen molar-refractivity contribution in [2.45, 2.75) is 13.3 Å². The Morgan fingerprint density at radius 1 is 1.50 bits per heavy atom. The number of nitrogens with one attached hydrogen (secondary N) is 2. The fourth-order valence-corrected chi connectivity index (χ4v) is 1.62. The van der Waals surface area contributed by atoms with Crippen LogP contribution >= 0.6 is 0 Å². The van der Waals surface area contributed by atoms with E-state index in [4.69, 9.17) is 5.11 Å². The van der Waals surface area contributed by atoms with Gasteiger partial charge in [0.25, 0.3) is 5.91 Å². The van der Waals surface area contributed by atoms with Crippen molar-refractivity contribution in [3.8, 4) is 11.8 Å². The van der Waals surface area contributed by atoms with Crippen molar-refractivity contribution in [1.82, 2.24) is 9.97 Å². The minimum Gasteiger partial charge on any atom is -0.395 e. The number of carbonyl (C=O) groups is 1. The number of carbonyl (C=O) groups excluding carboxylic acids is 1. The van der Waals surface area contributed by atoms with Gasteiger partial charge in [-0.3, -0.25) is 10.1 Å². The average Bonchev–Trinajstić information content (AvgIpc) is 2.94. The van der Waals surface area contributed by atoms with E-state index in [0.29, 0.717) is 17.9 Å². The second kappa shape index (κ2) is 6.55. The first-order valence-corrected chi connectivity index (χ1v) is 6.22. The molecule has 0 radical (unpaired) electrons. The van der Waals surface area contributed by atoms with Crippen molar-refractivity contribution in [2.24, 2.45) is 0 Å². The molecule has 0 spiro atoms. The normalized spacial score (nSPS) is 9.70. The van der Waals surface area contributed by atoms with Crippen LogP contribution in [0.15, 0.2) is 30.6 Å². The Labute approximate surface area is 117 Å². The average molecular weight is 269 g/mol. The molecule has 2 rings (SSSR count). The topological polar surface area (TPSA) is 78.0 Å². The lowest BCUT2D eigenvalue weighted by atomic mass is 10.0. The highest BCUT2D eigenvalue weighted by atomic mass is 16.2. The first-order valence-electron chi connectivity index (χ1n) is 6.22. The van der Waals surface area contributed by atoms with Crippen LogP contribution in [0.25, 0.3) is 0 Å². The van der Waals surface area contributed by atoms with Crippen LogP contribution in [0.1, 0.15) is 27.9 Å². The summed E-state index contributed by atoms with van der Waals surface area (Å²) in [6.07, 6.45) is 3.62. The number of anilines is 1. The molecular formula is C15H15N3O2. The summed E-state index contributed by atoms with van der Waals surface area (Å²) in [6.45, 7) is 1.96. The number of aryl methyl sites for hydroxylation is 1. The Bertz CT molecular complexity index is 651. The van der Waals surface area contributed by atoms with Crippen LogP contribution in [-0.4, -0.2) is 27.6 Å². The Morgan fingerprint density at radius 3 is 3.05 bits per heavy atom. The van der Waals surface area contributed by atoms with Crippen molar-refractivity contribution >= 4 is 11.9 Å². The minimum absolute atomic E-state index is 0.0325. The molecule has 0 unspecified atom stereocenters. The third-order valence-electron chi connectivity index (χ3n) is 2.69. The summed E-state index contributed by atoms with van der Waals surface area (Å²) in [4.78, 5) is 18.8. The number of aliphatic hydroxyl groups excluding tert-OH is 1. The zero-order valence-corrected chi connectivity index (χ0v) is 11.1. The maximum absolute atomic E-state index is 12.0. The molecule has 1 aromatic heterocycles. The van der Waals surface area contributed by atoms with Crippen molar-refractivity contribution in [2.75, 3.05) is 11.9 Å². The van der Waals surface area contributed by atoms with Crippen LogP contribution in [-0.2, 0) is 0 Å². The Balaban J connectivity index is 2.18. The van der Waals surface area contributed by atoms with Crippen molar-refractivity contribution in [3.63, 3.8) is 0 Å². The lowest BCUT2D eigenvalue weighted by molar-refractivity contribution is 0.102. The summed E-state index contributed by atoms with van der Waals surface area (Å²) in [5, 5.41) is 11.4. The van der Waals surface area contributed by atoms with Gasteiger partial charge in [0.1, 0.15) is 0 Å². The van der Waals surface area contributed by atoms with Gasteiger partial charge in [0, 0.05) is 29.9 Å². The Kier molecular flexibility index (Phi) is 4.53. The fourth-order valence-electron chi connectivity index (χ4n) is 1.62. The highest BCUT2D eigenvalue weighted by Crippen LogP contribution is 2.11. The second-order valence-electron chi connectivity index (χ2n) is 4.20. The summed E-state index contributed by atoms with van der Waals surface area (Å²) in [6, 6.07) is 5.32. The van der Waals surface area contributed by atoms with E-state index in [1.54, 1.807) is 24.5 Å². The molecule has 1 heterocycles. The predicted octanol–water partition coefficient (Wildman–Crippen LogP) is 1.70. The number of benzene rings is 1. The van der Waals surface area contributed by atoms with Gasteiger partial charge in [-0.15, -0.1) is 0 Å². The molecule has 0 aliphatic rings. The molecule has 0 aliphatic carbocycles. The second-order valence-corrected chi connectivity index (χ2v) is 4.20. The summed E-state index contributed by atoms with van der Waals surface area (Å²) < 4.78 is 0. The number of imidazole rings is 1. The van der Waals surface area contributed by atoms with Crippen LogP contribution in [0.2, 0.25) is 0 Å². The minimum atomic E-state index is -0.245. The van der Waals surface area contributed by atoms with Gasteiger partial charge in [-0.1, -0.05) is 17.9 Å². The van der Waals surface area contributed by atoms with E-state index < -0.39 is 0 Å². The van der Waals surface area contributed by atoms with Gasteiger partial charge in [0.2, 0.25) is 5.95 Å². The number of H-pyrrole nitrogens is 1. The summed E-state index contributed by atoms with van der Waals surface area (Å²) in [5.41, 5.74) is 2.29. The van der Waals surface area contributed by atoms with Crippen LogP contribution in [0, 0.1) is 18.8 Å². The zero-order valence-electron chi connectivity index (χ0n) is 11.1.